The van der Waals surface area contributed by atoms with E-state index in [2.05, 4.69) is 143 Å². The number of aromatic nitrogens is 2. The van der Waals surface area contributed by atoms with Crippen LogP contribution in [0, 0.1) is 0 Å². The normalized spacial score (nSPS) is 11.9. The summed E-state index contributed by atoms with van der Waals surface area (Å²) in [4.78, 5) is 0. The van der Waals surface area contributed by atoms with Crippen molar-refractivity contribution in [3.05, 3.63) is 134 Å². The Labute approximate surface area is 208 Å². The summed E-state index contributed by atoms with van der Waals surface area (Å²) in [6.07, 6.45) is 2.21. The summed E-state index contributed by atoms with van der Waals surface area (Å²) in [6.45, 7) is 0. The fraction of sp³-hybridized carbons (Fsp3) is 0. The van der Waals surface area contributed by atoms with Crippen molar-refractivity contribution in [1.82, 2.24) is 9.13 Å². The smallest absolute Gasteiger partial charge is 0.0788 e. The lowest BCUT2D eigenvalue weighted by Gasteiger charge is -2.12. The Morgan fingerprint density at radius 2 is 1.08 bits per heavy atom. The zero-order valence-electron chi connectivity index (χ0n) is 19.6. The first-order valence-electron chi connectivity index (χ1n) is 12.4. The Balaban J connectivity index is 1.48. The van der Waals surface area contributed by atoms with Gasteiger partial charge < -0.3 is 9.13 Å². The van der Waals surface area contributed by atoms with Gasteiger partial charge in [0.25, 0.3) is 0 Å². The van der Waals surface area contributed by atoms with Gasteiger partial charge in [-0.05, 0) is 70.1 Å². The van der Waals surface area contributed by atoms with E-state index >= 15 is 0 Å². The predicted octanol–water partition coefficient (Wildman–Crippen LogP) is 9.03. The summed E-state index contributed by atoms with van der Waals surface area (Å²) in [7, 11) is 0. The van der Waals surface area contributed by atoms with E-state index in [-0.39, 0.29) is 0 Å². The Kier molecular flexibility index (Phi) is 3.97. The van der Waals surface area contributed by atoms with Crippen molar-refractivity contribution in [2.45, 2.75) is 0 Å². The Bertz CT molecular complexity index is 2090. The molecule has 2 heterocycles. The van der Waals surface area contributed by atoms with Gasteiger partial charge in [-0.2, -0.15) is 0 Å². The third-order valence-electron chi connectivity index (χ3n) is 7.47. The Hall–Kier alpha value is -4.82. The molecule has 6 aromatic carbocycles. The van der Waals surface area contributed by atoms with E-state index in [0.717, 1.165) is 0 Å². The van der Waals surface area contributed by atoms with Gasteiger partial charge >= 0.3 is 0 Å². The molecule has 36 heavy (non-hydrogen) atoms. The first kappa shape index (κ1) is 19.5. The lowest BCUT2D eigenvalue weighted by molar-refractivity contribution is 1.12. The molecule has 0 N–H and O–H groups in total. The summed E-state index contributed by atoms with van der Waals surface area (Å²) in [5.74, 6) is 0. The monoisotopic (exact) mass is 458 g/mol. The summed E-state index contributed by atoms with van der Waals surface area (Å²) >= 11 is 0. The average Bonchev–Trinajstić information content (AvgIpc) is 3.51. The van der Waals surface area contributed by atoms with E-state index < -0.39 is 0 Å². The van der Waals surface area contributed by atoms with Gasteiger partial charge in [0, 0.05) is 33.7 Å². The molecule has 0 amide bonds. The van der Waals surface area contributed by atoms with Crippen LogP contribution in [-0.4, -0.2) is 9.13 Å². The van der Waals surface area contributed by atoms with Crippen molar-refractivity contribution in [1.29, 1.82) is 0 Å². The number of nitrogens with zero attached hydrogens (tertiary/aromatic N) is 2. The summed E-state index contributed by atoms with van der Waals surface area (Å²) in [5, 5.41) is 8.84. The summed E-state index contributed by atoms with van der Waals surface area (Å²) in [5.41, 5.74) is 6.04. The number of para-hydroxylation sites is 2. The molecule has 0 bridgehead atoms. The second-order valence-corrected chi connectivity index (χ2v) is 9.50. The van der Waals surface area contributed by atoms with Crippen LogP contribution in [0.25, 0.3) is 65.6 Å². The standard InChI is InChI=1S/C34H22N2/c1-2-10-28(11-3-1)36-32-13-7-6-12-30(32)31-17-15-23-18-19-35(33(23)34(31)36)29-16-14-26-20-24-8-4-5-9-25(24)21-27(26)22-29/h1-22H. The lowest BCUT2D eigenvalue weighted by Crippen LogP contribution is -1.97. The van der Waals surface area contributed by atoms with Crippen molar-refractivity contribution in [3.63, 3.8) is 0 Å². The van der Waals surface area contributed by atoms with Gasteiger partial charge in [-0.15, -0.1) is 0 Å². The highest BCUT2D eigenvalue weighted by molar-refractivity contribution is 6.18. The van der Waals surface area contributed by atoms with Gasteiger partial charge in [0.15, 0.2) is 0 Å². The second-order valence-electron chi connectivity index (χ2n) is 9.50. The maximum Gasteiger partial charge on any atom is 0.0788 e. The molecular weight excluding hydrogens is 436 g/mol. The first-order chi connectivity index (χ1) is 17.8. The van der Waals surface area contributed by atoms with Crippen molar-refractivity contribution < 1.29 is 0 Å². The molecule has 0 fully saturated rings. The van der Waals surface area contributed by atoms with Crippen LogP contribution in [0.2, 0.25) is 0 Å². The van der Waals surface area contributed by atoms with E-state index in [1.807, 2.05) is 0 Å². The number of fused-ring (bicyclic) bond motifs is 7. The molecule has 0 saturated heterocycles. The third-order valence-corrected chi connectivity index (χ3v) is 7.47. The molecule has 2 heteroatoms. The van der Waals surface area contributed by atoms with E-state index in [1.165, 1.54) is 65.6 Å². The zero-order chi connectivity index (χ0) is 23.6. The maximum absolute atomic E-state index is 2.41. The molecule has 0 unspecified atom stereocenters. The molecule has 0 aliphatic heterocycles. The van der Waals surface area contributed by atoms with Crippen LogP contribution in [0.4, 0.5) is 0 Å². The van der Waals surface area contributed by atoms with Gasteiger partial charge in [-0.1, -0.05) is 78.9 Å². The van der Waals surface area contributed by atoms with Crippen LogP contribution in [0.5, 0.6) is 0 Å². The molecule has 0 aliphatic carbocycles. The van der Waals surface area contributed by atoms with Gasteiger partial charge in [-0.3, -0.25) is 0 Å². The first-order valence-corrected chi connectivity index (χ1v) is 12.4. The minimum Gasteiger partial charge on any atom is -0.315 e. The van der Waals surface area contributed by atoms with Crippen molar-refractivity contribution in [3.8, 4) is 11.4 Å². The number of hydrogen-bond acceptors (Lipinski definition) is 0. The van der Waals surface area contributed by atoms with Crippen molar-refractivity contribution >= 4 is 54.3 Å². The Morgan fingerprint density at radius 1 is 0.389 bits per heavy atom. The van der Waals surface area contributed by atoms with Crippen molar-refractivity contribution in [2.75, 3.05) is 0 Å². The van der Waals surface area contributed by atoms with E-state index in [0.29, 0.717) is 0 Å². The highest BCUT2D eigenvalue weighted by Crippen LogP contribution is 2.38. The molecule has 0 aliphatic rings. The van der Waals surface area contributed by atoms with Crippen LogP contribution in [0.1, 0.15) is 0 Å². The number of benzene rings is 6. The SMILES string of the molecule is c1ccc(-n2c3ccccc3c3ccc4ccn(-c5ccc6cc7ccccc7cc6c5)c4c32)cc1. The van der Waals surface area contributed by atoms with Crippen LogP contribution < -0.4 is 0 Å². The minimum atomic E-state index is 1.17. The zero-order valence-corrected chi connectivity index (χ0v) is 19.6. The summed E-state index contributed by atoms with van der Waals surface area (Å²) < 4.78 is 4.77. The second kappa shape index (κ2) is 7.34. The van der Waals surface area contributed by atoms with Gasteiger partial charge in [0.2, 0.25) is 0 Å². The molecule has 0 spiro atoms. The van der Waals surface area contributed by atoms with Gasteiger partial charge in [0.1, 0.15) is 0 Å². The molecule has 8 aromatic rings. The van der Waals surface area contributed by atoms with Gasteiger partial charge in [-0.25, -0.2) is 0 Å². The molecule has 168 valence electrons. The van der Waals surface area contributed by atoms with E-state index in [9.17, 15) is 0 Å². The molecule has 0 atom stereocenters. The average molecular weight is 459 g/mol. The molecule has 0 radical (unpaired) electrons. The fourth-order valence-corrected chi connectivity index (χ4v) is 5.81. The molecule has 2 nitrogen and oxygen atoms in total. The number of hydrogen-bond donors (Lipinski definition) is 0. The lowest BCUT2D eigenvalue weighted by atomic mass is 10.0. The van der Waals surface area contributed by atoms with Crippen LogP contribution in [0.3, 0.4) is 0 Å². The minimum absolute atomic E-state index is 1.17. The van der Waals surface area contributed by atoms with Crippen LogP contribution >= 0.6 is 0 Å². The molecule has 8 rings (SSSR count). The number of rotatable bonds is 2. The van der Waals surface area contributed by atoms with E-state index in [4.69, 9.17) is 0 Å². The topological polar surface area (TPSA) is 9.86 Å². The van der Waals surface area contributed by atoms with E-state index in [1.54, 1.807) is 0 Å². The molecular formula is C34H22N2. The Morgan fingerprint density at radius 3 is 1.94 bits per heavy atom. The highest BCUT2D eigenvalue weighted by Gasteiger charge is 2.17. The molecule has 2 aromatic heterocycles. The van der Waals surface area contributed by atoms with Crippen LogP contribution in [0.15, 0.2) is 134 Å². The van der Waals surface area contributed by atoms with Crippen LogP contribution in [-0.2, 0) is 0 Å². The predicted molar refractivity (Wildman–Crippen MR) is 153 cm³/mol. The largest absolute Gasteiger partial charge is 0.315 e. The highest BCUT2D eigenvalue weighted by atomic mass is 15.0. The fourth-order valence-electron chi connectivity index (χ4n) is 5.81. The third kappa shape index (κ3) is 2.73. The van der Waals surface area contributed by atoms with Crippen molar-refractivity contribution in [2.24, 2.45) is 0 Å². The molecule has 0 saturated carbocycles. The summed E-state index contributed by atoms with van der Waals surface area (Å²) in [6, 6.07) is 46.1. The van der Waals surface area contributed by atoms with Gasteiger partial charge in [0.05, 0.1) is 16.6 Å². The quantitative estimate of drug-likeness (QED) is 0.229. The maximum atomic E-state index is 2.41.